The zero-order valence-corrected chi connectivity index (χ0v) is 12.9. The second-order valence-electron chi connectivity index (χ2n) is 4.65. The number of furan rings is 1. The van der Waals surface area contributed by atoms with Crippen LogP contribution in [0.2, 0.25) is 0 Å². The van der Waals surface area contributed by atoms with Gasteiger partial charge in [-0.1, -0.05) is 6.92 Å². The van der Waals surface area contributed by atoms with Gasteiger partial charge in [0.2, 0.25) is 0 Å². The summed E-state index contributed by atoms with van der Waals surface area (Å²) in [4.78, 5) is 9.23. The van der Waals surface area contributed by atoms with Crippen molar-refractivity contribution in [3.05, 3.63) is 28.1 Å². The van der Waals surface area contributed by atoms with Crippen LogP contribution in [0.3, 0.4) is 0 Å². The zero-order chi connectivity index (χ0) is 13.9. The average Bonchev–Trinajstić information content (AvgIpc) is 2.90. The molecule has 1 N–H and O–H groups in total. The normalized spacial score (nSPS) is 14.1. The van der Waals surface area contributed by atoms with Crippen LogP contribution in [0.1, 0.15) is 24.6 Å². The van der Waals surface area contributed by atoms with Gasteiger partial charge >= 0.3 is 0 Å². The van der Waals surface area contributed by atoms with Crippen molar-refractivity contribution in [2.24, 2.45) is 0 Å². The Morgan fingerprint density at radius 1 is 1.40 bits per heavy atom. The number of halogens is 1. The molecule has 0 aliphatic carbocycles. The molecule has 2 aromatic heterocycles. The van der Waals surface area contributed by atoms with E-state index < -0.39 is 0 Å². The van der Waals surface area contributed by atoms with Crippen molar-refractivity contribution in [3.8, 4) is 11.6 Å². The van der Waals surface area contributed by atoms with Crippen molar-refractivity contribution in [3.63, 3.8) is 0 Å². The van der Waals surface area contributed by atoms with Gasteiger partial charge < -0.3 is 14.5 Å². The Morgan fingerprint density at radius 2 is 2.30 bits per heavy atom. The molecule has 0 atom stereocenters. The number of nitrogens with one attached hydrogen (secondary N) is 1. The first kappa shape index (κ1) is 13.6. The highest BCUT2D eigenvalue weighted by atomic mass is 79.9. The summed E-state index contributed by atoms with van der Waals surface area (Å²) in [7, 11) is 0. The van der Waals surface area contributed by atoms with Crippen LogP contribution < -0.4 is 5.32 Å². The first-order chi connectivity index (χ1) is 9.79. The van der Waals surface area contributed by atoms with Crippen LogP contribution in [0.25, 0.3) is 11.6 Å². The molecule has 0 amide bonds. The molecule has 3 rings (SSSR count). The predicted molar refractivity (Wildman–Crippen MR) is 79.6 cm³/mol. The fraction of sp³-hybridized carbons (Fsp3) is 0.429. The van der Waals surface area contributed by atoms with Gasteiger partial charge in [-0.05, 0) is 28.4 Å². The molecular formula is C14H16BrN3O2. The van der Waals surface area contributed by atoms with Crippen LogP contribution in [0.4, 0.5) is 5.82 Å². The predicted octanol–water partition coefficient (Wildman–Crippen LogP) is 3.39. The van der Waals surface area contributed by atoms with Crippen LogP contribution >= 0.6 is 15.9 Å². The van der Waals surface area contributed by atoms with E-state index in [2.05, 4.69) is 38.1 Å². The number of anilines is 1. The standard InChI is InChI=1S/C14H16BrN3O2/c1-2-5-16-13-9-8-19-6-4-11(9)17-14(18-13)12-10(15)3-7-20-12/h3,7H,2,4-6,8H2,1H3,(H,16,17,18). The fourth-order valence-electron chi connectivity index (χ4n) is 2.18. The molecule has 2 aromatic rings. The smallest absolute Gasteiger partial charge is 0.199 e. The number of aromatic nitrogens is 2. The number of fused-ring (bicyclic) bond motifs is 1. The Labute approximate surface area is 125 Å². The second-order valence-corrected chi connectivity index (χ2v) is 5.50. The molecule has 3 heterocycles. The first-order valence-corrected chi connectivity index (χ1v) is 7.53. The summed E-state index contributed by atoms with van der Waals surface area (Å²) in [6.45, 7) is 4.28. The van der Waals surface area contributed by atoms with Gasteiger partial charge in [-0.25, -0.2) is 9.97 Å². The van der Waals surface area contributed by atoms with Crippen LogP contribution in [-0.2, 0) is 17.8 Å². The summed E-state index contributed by atoms with van der Waals surface area (Å²) in [5.41, 5.74) is 2.11. The van der Waals surface area contributed by atoms with E-state index in [4.69, 9.17) is 9.15 Å². The lowest BCUT2D eigenvalue weighted by Crippen LogP contribution is -2.17. The van der Waals surface area contributed by atoms with E-state index >= 15 is 0 Å². The molecule has 0 spiro atoms. The Bertz CT molecular complexity index is 612. The molecular weight excluding hydrogens is 322 g/mol. The molecule has 1 aliphatic rings. The summed E-state index contributed by atoms with van der Waals surface area (Å²) in [5, 5.41) is 3.36. The van der Waals surface area contributed by atoms with Gasteiger partial charge in [0.25, 0.3) is 0 Å². The number of hydrogen-bond acceptors (Lipinski definition) is 5. The Morgan fingerprint density at radius 3 is 3.05 bits per heavy atom. The topological polar surface area (TPSA) is 60.2 Å². The second kappa shape index (κ2) is 5.93. The van der Waals surface area contributed by atoms with Crippen molar-refractivity contribution >= 4 is 21.7 Å². The van der Waals surface area contributed by atoms with E-state index in [0.29, 0.717) is 24.8 Å². The Kier molecular flexibility index (Phi) is 4.03. The van der Waals surface area contributed by atoms with Crippen molar-refractivity contribution in [2.45, 2.75) is 26.4 Å². The third-order valence-electron chi connectivity index (χ3n) is 3.19. The molecule has 0 aromatic carbocycles. The minimum absolute atomic E-state index is 0.570. The Hall–Kier alpha value is -1.40. The van der Waals surface area contributed by atoms with E-state index in [-0.39, 0.29) is 0 Å². The summed E-state index contributed by atoms with van der Waals surface area (Å²) < 4.78 is 11.9. The van der Waals surface area contributed by atoms with Gasteiger partial charge in [0.1, 0.15) is 5.82 Å². The SMILES string of the molecule is CCCNc1nc(-c2occc2Br)nc2c1COCC2. The van der Waals surface area contributed by atoms with Gasteiger partial charge in [0, 0.05) is 18.5 Å². The quantitative estimate of drug-likeness (QED) is 0.926. The summed E-state index contributed by atoms with van der Waals surface area (Å²) in [5.74, 6) is 2.13. The molecule has 0 bridgehead atoms. The van der Waals surface area contributed by atoms with Gasteiger partial charge in [-0.2, -0.15) is 0 Å². The molecule has 1 aliphatic heterocycles. The van der Waals surface area contributed by atoms with Crippen LogP contribution in [0.5, 0.6) is 0 Å². The van der Waals surface area contributed by atoms with Gasteiger partial charge in [0.15, 0.2) is 11.6 Å². The minimum Gasteiger partial charge on any atom is -0.460 e. The van der Waals surface area contributed by atoms with Crippen molar-refractivity contribution in [2.75, 3.05) is 18.5 Å². The molecule has 5 nitrogen and oxygen atoms in total. The Balaban J connectivity index is 2.05. The summed E-state index contributed by atoms with van der Waals surface area (Å²) >= 11 is 3.46. The number of nitrogens with zero attached hydrogens (tertiary/aromatic N) is 2. The van der Waals surface area contributed by atoms with Gasteiger partial charge in [0.05, 0.1) is 29.6 Å². The average molecular weight is 338 g/mol. The monoisotopic (exact) mass is 337 g/mol. The third kappa shape index (κ3) is 2.58. The van der Waals surface area contributed by atoms with E-state index in [1.54, 1.807) is 6.26 Å². The maximum Gasteiger partial charge on any atom is 0.199 e. The highest BCUT2D eigenvalue weighted by molar-refractivity contribution is 9.10. The number of ether oxygens (including phenoxy) is 1. The van der Waals surface area contributed by atoms with E-state index in [1.165, 1.54) is 0 Å². The van der Waals surface area contributed by atoms with Gasteiger partial charge in [-0.15, -0.1) is 0 Å². The molecule has 0 saturated heterocycles. The van der Waals surface area contributed by atoms with Gasteiger partial charge in [-0.3, -0.25) is 0 Å². The van der Waals surface area contributed by atoms with Crippen LogP contribution in [-0.4, -0.2) is 23.1 Å². The number of hydrogen-bond donors (Lipinski definition) is 1. The molecule has 20 heavy (non-hydrogen) atoms. The summed E-state index contributed by atoms with van der Waals surface area (Å²) in [6.07, 6.45) is 3.48. The van der Waals surface area contributed by atoms with E-state index in [0.717, 1.165) is 40.9 Å². The molecule has 0 fully saturated rings. The minimum atomic E-state index is 0.570. The number of rotatable bonds is 4. The third-order valence-corrected chi connectivity index (χ3v) is 3.81. The highest BCUT2D eigenvalue weighted by Crippen LogP contribution is 2.30. The summed E-state index contributed by atoms with van der Waals surface area (Å²) in [6, 6.07) is 1.85. The molecule has 6 heteroatoms. The molecule has 106 valence electrons. The largest absolute Gasteiger partial charge is 0.460 e. The fourth-order valence-corrected chi connectivity index (χ4v) is 2.56. The highest BCUT2D eigenvalue weighted by Gasteiger charge is 2.20. The van der Waals surface area contributed by atoms with E-state index in [1.807, 2.05) is 6.07 Å². The maximum atomic E-state index is 5.52. The lowest BCUT2D eigenvalue weighted by molar-refractivity contribution is 0.109. The molecule has 0 radical (unpaired) electrons. The molecule has 0 unspecified atom stereocenters. The van der Waals surface area contributed by atoms with Crippen molar-refractivity contribution in [1.82, 2.24) is 9.97 Å². The molecule has 0 saturated carbocycles. The van der Waals surface area contributed by atoms with Crippen molar-refractivity contribution in [1.29, 1.82) is 0 Å². The van der Waals surface area contributed by atoms with Crippen LogP contribution in [0.15, 0.2) is 21.2 Å². The lowest BCUT2D eigenvalue weighted by atomic mass is 10.1. The zero-order valence-electron chi connectivity index (χ0n) is 11.3. The van der Waals surface area contributed by atoms with E-state index in [9.17, 15) is 0 Å². The lowest BCUT2D eigenvalue weighted by Gasteiger charge is -2.19. The first-order valence-electron chi connectivity index (χ1n) is 6.74. The van der Waals surface area contributed by atoms with Crippen molar-refractivity contribution < 1.29 is 9.15 Å². The maximum absolute atomic E-state index is 5.52. The van der Waals surface area contributed by atoms with Crippen LogP contribution in [0, 0.1) is 0 Å².